The quantitative estimate of drug-likeness (QED) is 0.899. The fraction of sp³-hybridized carbons (Fsp3) is 0.600. The number of halogens is 1. The topological polar surface area (TPSA) is 35.2 Å². The van der Waals surface area contributed by atoms with E-state index in [1.54, 1.807) is 7.11 Å². The van der Waals surface area contributed by atoms with Crippen LogP contribution in [0.25, 0.3) is 0 Å². The summed E-state index contributed by atoms with van der Waals surface area (Å²) in [4.78, 5) is 0. The molecule has 0 aromatic heterocycles. The molecule has 1 fully saturated rings. The first kappa shape index (κ1) is 13.7. The average Bonchev–Trinajstić information content (AvgIpc) is 3.08. The molecule has 1 aliphatic rings. The zero-order valence-electron chi connectivity index (χ0n) is 11.6. The molecule has 0 aliphatic heterocycles. The van der Waals surface area contributed by atoms with Crippen LogP contribution in [0.5, 0.6) is 5.75 Å². The third-order valence-corrected chi connectivity index (χ3v) is 4.32. The highest BCUT2D eigenvalue weighted by molar-refractivity contribution is 6.30. The lowest BCUT2D eigenvalue weighted by Gasteiger charge is -2.25. The highest BCUT2D eigenvalue weighted by atomic mass is 35.5. The number of hydrogen-bond donors (Lipinski definition) is 1. The summed E-state index contributed by atoms with van der Waals surface area (Å²) in [5, 5.41) is 0.779. The van der Waals surface area contributed by atoms with E-state index in [1.165, 1.54) is 11.1 Å². The van der Waals surface area contributed by atoms with Crippen LogP contribution in [0.1, 0.15) is 50.7 Å². The van der Waals surface area contributed by atoms with Gasteiger partial charge in [0, 0.05) is 22.0 Å². The van der Waals surface area contributed by atoms with Gasteiger partial charge in [-0.3, -0.25) is 0 Å². The van der Waals surface area contributed by atoms with E-state index in [0.717, 1.165) is 23.6 Å². The van der Waals surface area contributed by atoms with E-state index in [0.29, 0.717) is 5.92 Å². The van der Waals surface area contributed by atoms with E-state index in [-0.39, 0.29) is 11.5 Å². The predicted octanol–water partition coefficient (Wildman–Crippen LogP) is 3.85. The maximum Gasteiger partial charge on any atom is 0.126 e. The van der Waals surface area contributed by atoms with Crippen LogP contribution >= 0.6 is 11.6 Å². The standard InChI is InChI=1S/C15H22ClNO/c1-9(2)12-7-11(16)8-13(14(12)18-4)15(5-6-15)10(3)17/h7-10H,5-6,17H2,1-4H3. The van der Waals surface area contributed by atoms with E-state index < -0.39 is 0 Å². The molecule has 100 valence electrons. The van der Waals surface area contributed by atoms with Crippen LogP contribution in [0, 0.1) is 0 Å². The van der Waals surface area contributed by atoms with Gasteiger partial charge >= 0.3 is 0 Å². The monoisotopic (exact) mass is 267 g/mol. The largest absolute Gasteiger partial charge is 0.496 e. The minimum absolute atomic E-state index is 0.0693. The van der Waals surface area contributed by atoms with Gasteiger partial charge in [-0.1, -0.05) is 25.4 Å². The molecule has 0 bridgehead atoms. The zero-order valence-corrected chi connectivity index (χ0v) is 12.3. The molecule has 18 heavy (non-hydrogen) atoms. The molecular formula is C15H22ClNO. The SMILES string of the molecule is COc1c(C(C)C)cc(Cl)cc1C1(C(C)N)CC1. The van der Waals surface area contributed by atoms with Gasteiger partial charge in [0.15, 0.2) is 0 Å². The molecule has 1 aliphatic carbocycles. The van der Waals surface area contributed by atoms with Gasteiger partial charge in [-0.2, -0.15) is 0 Å². The molecule has 1 atom stereocenters. The van der Waals surface area contributed by atoms with Gasteiger partial charge in [-0.15, -0.1) is 0 Å². The van der Waals surface area contributed by atoms with Crippen molar-refractivity contribution in [1.29, 1.82) is 0 Å². The first-order valence-electron chi connectivity index (χ1n) is 6.56. The lowest BCUT2D eigenvalue weighted by molar-refractivity contribution is 0.391. The maximum atomic E-state index is 6.27. The summed E-state index contributed by atoms with van der Waals surface area (Å²) < 4.78 is 5.66. The fourth-order valence-corrected chi connectivity index (χ4v) is 2.97. The van der Waals surface area contributed by atoms with Crippen molar-refractivity contribution in [1.82, 2.24) is 0 Å². The van der Waals surface area contributed by atoms with Crippen molar-refractivity contribution in [2.24, 2.45) is 5.73 Å². The van der Waals surface area contributed by atoms with Gasteiger partial charge in [-0.25, -0.2) is 0 Å². The van der Waals surface area contributed by atoms with Crippen LogP contribution in [-0.4, -0.2) is 13.2 Å². The minimum Gasteiger partial charge on any atom is -0.496 e. The van der Waals surface area contributed by atoms with Crippen molar-refractivity contribution < 1.29 is 4.74 Å². The highest BCUT2D eigenvalue weighted by Crippen LogP contribution is 2.55. The summed E-state index contributed by atoms with van der Waals surface area (Å²) in [7, 11) is 1.73. The maximum absolute atomic E-state index is 6.27. The van der Waals surface area contributed by atoms with Gasteiger partial charge < -0.3 is 10.5 Å². The molecule has 0 spiro atoms. The number of benzene rings is 1. The second-order valence-electron chi connectivity index (χ2n) is 5.68. The third kappa shape index (κ3) is 2.12. The summed E-state index contributed by atoms with van der Waals surface area (Å²) in [5.74, 6) is 1.37. The molecule has 2 N–H and O–H groups in total. The Bertz CT molecular complexity index is 450. The van der Waals surface area contributed by atoms with Crippen LogP contribution in [0.3, 0.4) is 0 Å². The third-order valence-electron chi connectivity index (χ3n) is 4.11. The first-order chi connectivity index (χ1) is 8.42. The van der Waals surface area contributed by atoms with E-state index in [4.69, 9.17) is 22.1 Å². The Hall–Kier alpha value is -0.730. The Labute approximate surface area is 114 Å². The average molecular weight is 268 g/mol. The Morgan fingerprint density at radius 2 is 1.89 bits per heavy atom. The molecule has 3 heteroatoms. The molecule has 1 aromatic rings. The van der Waals surface area contributed by atoms with Crippen LogP contribution < -0.4 is 10.5 Å². The molecule has 2 rings (SSSR count). The molecule has 0 radical (unpaired) electrons. The van der Waals surface area contributed by atoms with Crippen LogP contribution in [0.2, 0.25) is 5.02 Å². The first-order valence-corrected chi connectivity index (χ1v) is 6.93. The highest BCUT2D eigenvalue weighted by Gasteiger charge is 2.49. The normalized spacial score (nSPS) is 18.8. The molecule has 1 aromatic carbocycles. The van der Waals surface area contributed by atoms with E-state index in [1.807, 2.05) is 12.1 Å². The molecule has 0 saturated heterocycles. The molecule has 1 unspecified atom stereocenters. The van der Waals surface area contributed by atoms with Crippen molar-refractivity contribution in [3.05, 3.63) is 28.3 Å². The van der Waals surface area contributed by atoms with Gasteiger partial charge in [-0.05, 0) is 43.4 Å². The van der Waals surface area contributed by atoms with Crippen molar-refractivity contribution in [2.75, 3.05) is 7.11 Å². The second kappa shape index (κ2) is 4.75. The molecule has 0 amide bonds. The molecule has 2 nitrogen and oxygen atoms in total. The molecular weight excluding hydrogens is 246 g/mol. The van der Waals surface area contributed by atoms with Crippen LogP contribution in [0.4, 0.5) is 0 Å². The lowest BCUT2D eigenvalue weighted by atomic mass is 9.85. The van der Waals surface area contributed by atoms with Gasteiger partial charge in [0.25, 0.3) is 0 Å². The Kier molecular flexibility index (Phi) is 3.61. The number of nitrogens with two attached hydrogens (primary N) is 1. The van der Waals surface area contributed by atoms with E-state index in [9.17, 15) is 0 Å². The summed E-state index contributed by atoms with van der Waals surface area (Å²) in [5.41, 5.74) is 8.60. The Morgan fingerprint density at radius 3 is 2.28 bits per heavy atom. The Morgan fingerprint density at radius 1 is 1.28 bits per heavy atom. The summed E-state index contributed by atoms with van der Waals surface area (Å²) >= 11 is 6.27. The number of ether oxygens (including phenoxy) is 1. The van der Waals surface area contributed by atoms with E-state index >= 15 is 0 Å². The van der Waals surface area contributed by atoms with Crippen molar-refractivity contribution in [2.45, 2.75) is 51.0 Å². The van der Waals surface area contributed by atoms with Gasteiger partial charge in [0.05, 0.1) is 7.11 Å². The number of methoxy groups -OCH3 is 1. The predicted molar refractivity (Wildman–Crippen MR) is 76.7 cm³/mol. The number of hydrogen-bond acceptors (Lipinski definition) is 2. The fourth-order valence-electron chi connectivity index (χ4n) is 2.75. The van der Waals surface area contributed by atoms with Crippen molar-refractivity contribution in [3.63, 3.8) is 0 Å². The summed E-state index contributed by atoms with van der Waals surface area (Å²) in [6.45, 7) is 6.38. The minimum atomic E-state index is 0.0693. The summed E-state index contributed by atoms with van der Waals surface area (Å²) in [6.07, 6.45) is 2.25. The van der Waals surface area contributed by atoms with Crippen LogP contribution in [-0.2, 0) is 5.41 Å². The van der Waals surface area contributed by atoms with Crippen molar-refractivity contribution in [3.8, 4) is 5.75 Å². The summed E-state index contributed by atoms with van der Waals surface area (Å²) in [6, 6.07) is 4.17. The Balaban J connectivity index is 2.60. The van der Waals surface area contributed by atoms with Crippen LogP contribution in [0.15, 0.2) is 12.1 Å². The smallest absolute Gasteiger partial charge is 0.126 e. The second-order valence-corrected chi connectivity index (χ2v) is 6.11. The molecule has 1 saturated carbocycles. The number of rotatable bonds is 4. The van der Waals surface area contributed by atoms with Crippen molar-refractivity contribution >= 4 is 11.6 Å². The van der Waals surface area contributed by atoms with E-state index in [2.05, 4.69) is 20.8 Å². The van der Waals surface area contributed by atoms with Gasteiger partial charge in [0.2, 0.25) is 0 Å². The lowest BCUT2D eigenvalue weighted by Crippen LogP contribution is -2.32. The molecule has 0 heterocycles. The zero-order chi connectivity index (χ0) is 13.5. The van der Waals surface area contributed by atoms with Gasteiger partial charge in [0.1, 0.15) is 5.75 Å².